The topological polar surface area (TPSA) is 128 Å². The molecule has 0 radical (unpaired) electrons. The Kier molecular flexibility index (Phi) is 6.61. The van der Waals surface area contributed by atoms with Crippen LogP contribution in [-0.2, 0) is 4.79 Å². The molecule has 31 heavy (non-hydrogen) atoms. The monoisotopic (exact) mass is 450 g/mol. The Morgan fingerprint density at radius 1 is 1.29 bits per heavy atom. The lowest BCUT2D eigenvalue weighted by Crippen LogP contribution is -2.21. The van der Waals surface area contributed by atoms with E-state index in [2.05, 4.69) is 25.9 Å². The van der Waals surface area contributed by atoms with Crippen LogP contribution in [0.25, 0.3) is 21.3 Å². The first-order valence-corrected chi connectivity index (χ1v) is 10.2. The standard InChI is InChI=1S/C17H16N6S.C2HF3O2/c18-7-5-11-1-3-12(4-2-11)23-15-14(22-17(23)21-10-19)9-20-13-6-8-24-16(13)15;3-2(4,5)1(6)7/h6,8-9,11-12H,1-5H2,(H,21,22);(H,6,7). The summed E-state index contributed by atoms with van der Waals surface area (Å²) >= 11 is 1.66. The maximum absolute atomic E-state index is 10.6. The van der Waals surface area contributed by atoms with Crippen LogP contribution >= 0.6 is 11.3 Å². The number of fused-ring (bicyclic) bond motifs is 3. The van der Waals surface area contributed by atoms with Crippen molar-refractivity contribution in [2.24, 2.45) is 5.92 Å². The van der Waals surface area contributed by atoms with Gasteiger partial charge in [-0.3, -0.25) is 10.3 Å². The summed E-state index contributed by atoms with van der Waals surface area (Å²) in [5.41, 5.74) is 2.86. The van der Waals surface area contributed by atoms with Crippen molar-refractivity contribution in [3.8, 4) is 12.3 Å². The number of thiophene rings is 1. The van der Waals surface area contributed by atoms with E-state index in [1.54, 1.807) is 17.5 Å². The molecule has 3 heterocycles. The van der Waals surface area contributed by atoms with Gasteiger partial charge in [-0.2, -0.15) is 23.7 Å². The van der Waals surface area contributed by atoms with E-state index in [1.165, 1.54) is 0 Å². The number of aromatic nitrogens is 3. The van der Waals surface area contributed by atoms with Gasteiger partial charge in [-0.1, -0.05) is 0 Å². The second-order valence-electron chi connectivity index (χ2n) is 7.01. The fourth-order valence-corrected chi connectivity index (χ4v) is 4.60. The zero-order valence-corrected chi connectivity index (χ0v) is 16.9. The van der Waals surface area contributed by atoms with Crippen LogP contribution in [0.3, 0.4) is 0 Å². The first-order chi connectivity index (χ1) is 14.8. The minimum absolute atomic E-state index is 0.300. The van der Waals surface area contributed by atoms with Crippen molar-refractivity contribution in [1.29, 1.82) is 10.5 Å². The van der Waals surface area contributed by atoms with Crippen molar-refractivity contribution in [3.05, 3.63) is 17.6 Å². The number of nitrogens with one attached hydrogen (secondary N) is 1. The van der Waals surface area contributed by atoms with Crippen LogP contribution < -0.4 is 5.32 Å². The molecule has 0 bridgehead atoms. The van der Waals surface area contributed by atoms with Crippen LogP contribution in [-0.4, -0.2) is 31.8 Å². The number of anilines is 1. The summed E-state index contributed by atoms with van der Waals surface area (Å²) in [6.45, 7) is 0. The molecule has 4 rings (SSSR count). The summed E-state index contributed by atoms with van der Waals surface area (Å²) in [5.74, 6) is -1.66. The molecule has 0 spiro atoms. The largest absolute Gasteiger partial charge is 0.490 e. The highest BCUT2D eigenvalue weighted by atomic mass is 32.1. The van der Waals surface area contributed by atoms with Gasteiger partial charge in [0.1, 0.15) is 5.52 Å². The van der Waals surface area contributed by atoms with Crippen molar-refractivity contribution in [3.63, 3.8) is 0 Å². The molecule has 1 fully saturated rings. The maximum Gasteiger partial charge on any atom is 0.490 e. The summed E-state index contributed by atoms with van der Waals surface area (Å²) in [6.07, 6.45) is 3.44. The third kappa shape index (κ3) is 4.86. The number of aliphatic carboxylic acids is 1. The van der Waals surface area contributed by atoms with Crippen molar-refractivity contribution < 1.29 is 23.1 Å². The average molecular weight is 450 g/mol. The number of hydrogen-bond acceptors (Lipinski definition) is 7. The Labute approximate surface area is 178 Å². The predicted molar refractivity (Wildman–Crippen MR) is 107 cm³/mol. The second-order valence-corrected chi connectivity index (χ2v) is 7.93. The predicted octanol–water partition coefficient (Wildman–Crippen LogP) is 4.82. The normalized spacial score (nSPS) is 18.6. The van der Waals surface area contributed by atoms with Crippen LogP contribution in [0.4, 0.5) is 19.1 Å². The van der Waals surface area contributed by atoms with E-state index in [9.17, 15) is 13.2 Å². The highest BCUT2D eigenvalue weighted by molar-refractivity contribution is 7.18. The molecule has 0 aromatic carbocycles. The number of nitriles is 2. The summed E-state index contributed by atoms with van der Waals surface area (Å²) in [7, 11) is 0. The zero-order chi connectivity index (χ0) is 22.6. The number of alkyl halides is 3. The maximum atomic E-state index is 10.6. The van der Waals surface area contributed by atoms with Gasteiger partial charge in [0.15, 0.2) is 6.19 Å². The van der Waals surface area contributed by atoms with E-state index < -0.39 is 12.1 Å². The molecule has 0 atom stereocenters. The van der Waals surface area contributed by atoms with Gasteiger partial charge in [0.2, 0.25) is 5.95 Å². The van der Waals surface area contributed by atoms with E-state index in [1.807, 2.05) is 17.6 Å². The molecule has 0 amide bonds. The molecule has 8 nitrogen and oxygen atoms in total. The summed E-state index contributed by atoms with van der Waals surface area (Å²) < 4.78 is 35.0. The minimum atomic E-state index is -5.08. The van der Waals surface area contributed by atoms with Gasteiger partial charge in [-0.25, -0.2) is 9.78 Å². The van der Waals surface area contributed by atoms with E-state index in [0.717, 1.165) is 46.9 Å². The molecular formula is C19H17F3N6O2S. The Hall–Kier alpha value is -3.38. The molecule has 2 N–H and O–H groups in total. The van der Waals surface area contributed by atoms with Gasteiger partial charge in [0, 0.05) is 12.5 Å². The lowest BCUT2D eigenvalue weighted by atomic mass is 9.84. The number of halogens is 3. The molecule has 1 aliphatic rings. The zero-order valence-electron chi connectivity index (χ0n) is 16.1. The van der Waals surface area contributed by atoms with Crippen molar-refractivity contribution in [2.75, 3.05) is 5.32 Å². The average Bonchev–Trinajstić information content (AvgIpc) is 3.33. The number of hydrogen-bond donors (Lipinski definition) is 2. The van der Waals surface area contributed by atoms with Gasteiger partial charge >= 0.3 is 12.1 Å². The van der Waals surface area contributed by atoms with Crippen LogP contribution in [0, 0.1) is 28.7 Å². The third-order valence-electron chi connectivity index (χ3n) is 5.10. The summed E-state index contributed by atoms with van der Waals surface area (Å²) in [4.78, 5) is 17.9. The summed E-state index contributed by atoms with van der Waals surface area (Å²) in [5, 5.41) is 29.9. The highest BCUT2D eigenvalue weighted by Crippen LogP contribution is 2.39. The Morgan fingerprint density at radius 2 is 1.97 bits per heavy atom. The number of carbonyl (C=O) groups is 1. The van der Waals surface area contributed by atoms with Crippen LogP contribution in [0.15, 0.2) is 17.6 Å². The van der Waals surface area contributed by atoms with Crippen molar-refractivity contribution in [2.45, 2.75) is 44.3 Å². The second kappa shape index (κ2) is 9.18. The van der Waals surface area contributed by atoms with Crippen LogP contribution in [0.5, 0.6) is 0 Å². The fraction of sp³-hybridized carbons (Fsp3) is 0.421. The van der Waals surface area contributed by atoms with E-state index in [-0.39, 0.29) is 0 Å². The highest BCUT2D eigenvalue weighted by Gasteiger charge is 2.38. The fourth-order valence-electron chi connectivity index (χ4n) is 3.71. The Morgan fingerprint density at radius 3 is 2.55 bits per heavy atom. The molecule has 0 aliphatic heterocycles. The number of carboxylic acids is 1. The van der Waals surface area contributed by atoms with E-state index >= 15 is 0 Å². The number of rotatable bonds is 3. The number of nitrogens with zero attached hydrogens (tertiary/aromatic N) is 5. The molecule has 3 aromatic rings. The minimum Gasteiger partial charge on any atom is -0.475 e. The molecule has 1 aliphatic carbocycles. The van der Waals surface area contributed by atoms with Gasteiger partial charge in [-0.05, 0) is 43.0 Å². The third-order valence-corrected chi connectivity index (χ3v) is 6.01. The first kappa shape index (κ1) is 22.3. The Bertz CT molecular complexity index is 1170. The molecule has 12 heteroatoms. The first-order valence-electron chi connectivity index (χ1n) is 9.32. The van der Waals surface area contributed by atoms with Gasteiger partial charge in [0.05, 0.1) is 28.0 Å². The number of carboxylic acid groups (broad SMARTS) is 1. The van der Waals surface area contributed by atoms with Crippen molar-refractivity contribution >= 4 is 44.5 Å². The van der Waals surface area contributed by atoms with Gasteiger partial charge in [-0.15, -0.1) is 11.3 Å². The number of pyridine rings is 1. The lowest BCUT2D eigenvalue weighted by Gasteiger charge is -2.29. The van der Waals surface area contributed by atoms with Gasteiger partial charge < -0.3 is 9.67 Å². The molecule has 0 saturated heterocycles. The molecular weight excluding hydrogens is 433 g/mol. The molecule has 162 valence electrons. The van der Waals surface area contributed by atoms with Crippen LogP contribution in [0.2, 0.25) is 0 Å². The van der Waals surface area contributed by atoms with E-state index in [0.29, 0.717) is 24.3 Å². The Balaban J connectivity index is 0.000000339. The SMILES string of the molecule is N#CCC1CCC(n2c(NC#N)nc3cnc4ccsc4c32)CC1.O=C(O)C(F)(F)F. The number of imidazole rings is 1. The van der Waals surface area contributed by atoms with Crippen LogP contribution in [0.1, 0.15) is 38.1 Å². The van der Waals surface area contributed by atoms with Gasteiger partial charge in [0.25, 0.3) is 0 Å². The summed E-state index contributed by atoms with van der Waals surface area (Å²) in [6, 6.07) is 4.60. The van der Waals surface area contributed by atoms with E-state index in [4.69, 9.17) is 20.4 Å². The lowest BCUT2D eigenvalue weighted by molar-refractivity contribution is -0.192. The smallest absolute Gasteiger partial charge is 0.475 e. The molecule has 1 saturated carbocycles. The molecule has 0 unspecified atom stereocenters. The molecule has 3 aromatic heterocycles. The quantitative estimate of drug-likeness (QED) is 0.433. The van der Waals surface area contributed by atoms with Crippen molar-refractivity contribution in [1.82, 2.24) is 14.5 Å².